The normalized spacial score (nSPS) is 11.7. The first-order chi connectivity index (χ1) is 36.0. The van der Waals surface area contributed by atoms with Crippen molar-refractivity contribution in [3.05, 3.63) is 233 Å². The molecule has 9 aromatic carbocycles. The highest BCUT2D eigenvalue weighted by Crippen LogP contribution is 2.42. The first-order valence-corrected chi connectivity index (χ1v) is 24.3. The van der Waals surface area contributed by atoms with Gasteiger partial charge in [0.05, 0.1) is 33.9 Å². The Hall–Kier alpha value is -9.61. The summed E-state index contributed by atoms with van der Waals surface area (Å²) in [5.41, 5.74) is 10.9. The van der Waals surface area contributed by atoms with Crippen molar-refractivity contribution in [1.29, 1.82) is 0 Å². The van der Waals surface area contributed by atoms with Gasteiger partial charge in [0.1, 0.15) is 11.4 Å². The molecule has 0 aliphatic rings. The molecule has 10 aromatic rings. The van der Waals surface area contributed by atoms with Gasteiger partial charge in [0.25, 0.3) is 5.91 Å². The lowest BCUT2D eigenvalue weighted by Crippen LogP contribution is -2.13. The zero-order chi connectivity index (χ0) is 51.3. The molecule has 11 heteroatoms. The summed E-state index contributed by atoms with van der Waals surface area (Å²) in [5.74, 6) is -0.741. The van der Waals surface area contributed by atoms with Gasteiger partial charge in [-0.05, 0) is 113 Å². The molecule has 0 aliphatic heterocycles. The van der Waals surface area contributed by atoms with E-state index in [9.17, 15) is 19.8 Å². The van der Waals surface area contributed by atoms with Crippen molar-refractivity contribution in [3.8, 4) is 28.4 Å². The van der Waals surface area contributed by atoms with Gasteiger partial charge in [-0.1, -0.05) is 153 Å². The highest BCUT2D eigenvalue weighted by Gasteiger charge is 2.21. The van der Waals surface area contributed by atoms with E-state index in [4.69, 9.17) is 5.10 Å². The van der Waals surface area contributed by atoms with Gasteiger partial charge in [-0.3, -0.25) is 9.59 Å². The molecule has 1 amide bonds. The first-order valence-electron chi connectivity index (χ1n) is 24.3. The predicted octanol–water partition coefficient (Wildman–Crippen LogP) is 16.7. The Kier molecular flexibility index (Phi) is 13.6. The highest BCUT2D eigenvalue weighted by atomic mass is 16.3. The summed E-state index contributed by atoms with van der Waals surface area (Å²) in [6, 6.07) is 57.0. The largest absolute Gasteiger partial charge is 0.505 e. The Morgan fingerprint density at radius 2 is 1.16 bits per heavy atom. The molecule has 0 saturated carbocycles. The Bertz CT molecular complexity index is 3840. The van der Waals surface area contributed by atoms with Crippen LogP contribution in [0.5, 0.6) is 11.5 Å². The van der Waals surface area contributed by atoms with E-state index in [0.717, 1.165) is 55.5 Å². The molecular formula is C63H51N7O4. The summed E-state index contributed by atoms with van der Waals surface area (Å²) in [7, 11) is 0. The average molecular weight is 970 g/mol. The van der Waals surface area contributed by atoms with Crippen molar-refractivity contribution >= 4 is 73.8 Å². The minimum absolute atomic E-state index is 0.0949. The van der Waals surface area contributed by atoms with Crippen molar-refractivity contribution in [2.75, 3.05) is 5.32 Å². The molecule has 74 heavy (non-hydrogen) atoms. The monoisotopic (exact) mass is 969 g/mol. The van der Waals surface area contributed by atoms with Crippen LogP contribution in [0.3, 0.4) is 0 Å². The van der Waals surface area contributed by atoms with Crippen LogP contribution >= 0.6 is 0 Å². The molecule has 362 valence electrons. The SMILES string of the molecule is Cc1ccccc1CC(=O)c1cc2ccccc2c(N=Nc2ccc(-n3cc(/C=C/c4ccc(N=Nc5c(O)c(C(=O)Nc6ccccc6C)cc6ccccc56)cc4)c(-c4ccc(C(C)C)cc4)n3)cc2)c1O. The number of aromatic nitrogens is 2. The van der Waals surface area contributed by atoms with Crippen LogP contribution in [0, 0.1) is 13.8 Å². The van der Waals surface area contributed by atoms with E-state index in [2.05, 4.69) is 63.9 Å². The molecular weight excluding hydrogens is 919 g/mol. The fraction of sp³-hybridized carbons (Fsp3) is 0.0952. The zero-order valence-electron chi connectivity index (χ0n) is 41.2. The molecule has 0 saturated heterocycles. The number of phenols is 2. The Labute approximate surface area is 428 Å². The average Bonchev–Trinajstić information content (AvgIpc) is 3.85. The van der Waals surface area contributed by atoms with E-state index in [-0.39, 0.29) is 46.2 Å². The molecule has 3 N–H and O–H groups in total. The van der Waals surface area contributed by atoms with Gasteiger partial charge >= 0.3 is 0 Å². The van der Waals surface area contributed by atoms with Crippen molar-refractivity contribution in [1.82, 2.24) is 9.78 Å². The second-order valence-electron chi connectivity index (χ2n) is 18.5. The van der Waals surface area contributed by atoms with E-state index in [1.54, 1.807) is 12.1 Å². The van der Waals surface area contributed by atoms with Gasteiger partial charge in [-0.2, -0.15) is 15.3 Å². The number of aromatic hydroxyl groups is 2. The second kappa shape index (κ2) is 21.0. The number of hydrogen-bond acceptors (Lipinski definition) is 9. The number of azo groups is 2. The van der Waals surface area contributed by atoms with Gasteiger partial charge < -0.3 is 15.5 Å². The molecule has 0 unspecified atom stereocenters. The van der Waals surface area contributed by atoms with Crippen LogP contribution in [-0.2, 0) is 6.42 Å². The summed E-state index contributed by atoms with van der Waals surface area (Å²) >= 11 is 0. The van der Waals surface area contributed by atoms with Crippen LogP contribution in [0.1, 0.15) is 73.9 Å². The quantitative estimate of drug-likeness (QED) is 0.0731. The lowest BCUT2D eigenvalue weighted by Gasteiger charge is -2.12. The highest BCUT2D eigenvalue weighted by molar-refractivity contribution is 6.12. The van der Waals surface area contributed by atoms with Gasteiger partial charge in [0, 0.05) is 40.2 Å². The number of carbonyl (C=O) groups is 2. The fourth-order valence-corrected chi connectivity index (χ4v) is 8.82. The fourth-order valence-electron chi connectivity index (χ4n) is 8.82. The van der Waals surface area contributed by atoms with Crippen LogP contribution in [0.2, 0.25) is 0 Å². The van der Waals surface area contributed by atoms with Crippen LogP contribution in [0.15, 0.2) is 209 Å². The van der Waals surface area contributed by atoms with Crippen molar-refractivity contribution in [2.45, 2.75) is 40.0 Å². The van der Waals surface area contributed by atoms with Crippen LogP contribution in [-0.4, -0.2) is 31.7 Å². The number of nitrogens with zero attached hydrogens (tertiary/aromatic N) is 6. The number of hydrogen-bond donors (Lipinski definition) is 3. The third-order valence-electron chi connectivity index (χ3n) is 13.1. The van der Waals surface area contributed by atoms with Crippen molar-refractivity contribution in [3.63, 3.8) is 0 Å². The topological polar surface area (TPSA) is 154 Å². The predicted molar refractivity (Wildman–Crippen MR) is 296 cm³/mol. The van der Waals surface area contributed by atoms with Gasteiger partial charge in [-0.25, -0.2) is 4.68 Å². The number of para-hydroxylation sites is 1. The van der Waals surface area contributed by atoms with Crippen molar-refractivity contribution in [2.24, 2.45) is 20.5 Å². The van der Waals surface area contributed by atoms with Gasteiger partial charge in [-0.15, -0.1) is 10.2 Å². The molecule has 0 spiro atoms. The standard InChI is InChI=1S/C63H51N7O4/c1-39(2)43-25-27-44(28-26-43)58-48(24-21-42-22-29-49(30-23-42)65-68-60-53-19-11-9-17-47(53)36-55(62(60)73)63(74)64-56-20-12-6-14-41(56)4)38-70(69-58)51-33-31-50(32-34-51)66-67-59-52-18-10-8-16-46(52)35-54(61(59)72)57(71)37-45-15-7-5-13-40(45)3/h5-36,38-39,72-73H,37H2,1-4H3,(H,64,74)/b24-21+,67-66?,68-65?. The number of Topliss-reactive ketones (excluding diaryl/α,β-unsaturated/α-hetero) is 1. The molecule has 1 aromatic heterocycles. The molecule has 0 fully saturated rings. The molecule has 0 atom stereocenters. The smallest absolute Gasteiger partial charge is 0.259 e. The number of carbonyl (C=O) groups excluding carboxylic acids is 2. The maximum absolute atomic E-state index is 13.6. The minimum atomic E-state index is -0.451. The van der Waals surface area contributed by atoms with Crippen molar-refractivity contribution < 1.29 is 19.8 Å². The summed E-state index contributed by atoms with van der Waals surface area (Å²) in [6.45, 7) is 8.21. The Morgan fingerprint density at radius 3 is 1.78 bits per heavy atom. The second-order valence-corrected chi connectivity index (χ2v) is 18.5. The van der Waals surface area contributed by atoms with Gasteiger partial charge in [0.2, 0.25) is 0 Å². The van der Waals surface area contributed by atoms with E-state index in [1.807, 2.05) is 182 Å². The summed E-state index contributed by atoms with van der Waals surface area (Å²) < 4.78 is 1.83. The molecule has 11 nitrogen and oxygen atoms in total. The lowest BCUT2D eigenvalue weighted by atomic mass is 9.96. The van der Waals surface area contributed by atoms with Crippen LogP contribution < -0.4 is 5.32 Å². The third kappa shape index (κ3) is 10.3. The molecule has 0 radical (unpaired) electrons. The maximum atomic E-state index is 13.6. The first kappa shape index (κ1) is 48.0. The maximum Gasteiger partial charge on any atom is 0.259 e. The van der Waals surface area contributed by atoms with Crippen LogP contribution in [0.4, 0.5) is 28.4 Å². The van der Waals surface area contributed by atoms with E-state index in [1.165, 1.54) is 5.56 Å². The number of phenolic OH excluding ortho intramolecular Hbond substituents is 2. The number of fused-ring (bicyclic) bond motifs is 2. The molecule has 1 heterocycles. The number of amides is 1. The zero-order valence-corrected chi connectivity index (χ0v) is 41.2. The number of nitrogens with one attached hydrogen (secondary N) is 1. The number of aryl methyl sites for hydroxylation is 2. The Balaban J connectivity index is 0.901. The lowest BCUT2D eigenvalue weighted by molar-refractivity contribution is 0.0988. The number of ketones is 1. The number of benzene rings is 9. The summed E-state index contributed by atoms with van der Waals surface area (Å²) in [6.07, 6.45) is 6.17. The summed E-state index contributed by atoms with van der Waals surface area (Å²) in [5, 5.41) is 51.8. The number of rotatable bonds is 14. The van der Waals surface area contributed by atoms with Crippen LogP contribution in [0.25, 0.3) is 50.6 Å². The molecule has 0 bridgehead atoms. The minimum Gasteiger partial charge on any atom is -0.505 e. The van der Waals surface area contributed by atoms with E-state index in [0.29, 0.717) is 33.8 Å². The molecule has 0 aliphatic carbocycles. The Morgan fingerprint density at radius 1 is 0.608 bits per heavy atom. The number of anilines is 1. The third-order valence-corrected chi connectivity index (χ3v) is 13.1. The van der Waals surface area contributed by atoms with Gasteiger partial charge in [0.15, 0.2) is 17.3 Å². The summed E-state index contributed by atoms with van der Waals surface area (Å²) in [4.78, 5) is 27.1. The van der Waals surface area contributed by atoms with E-state index < -0.39 is 5.91 Å². The van der Waals surface area contributed by atoms with E-state index >= 15 is 0 Å². The molecule has 10 rings (SSSR count).